The molecule has 1 aromatic rings. The number of benzene rings is 1. The van der Waals surface area contributed by atoms with E-state index in [2.05, 4.69) is 0 Å². The molecule has 1 fully saturated rings. The zero-order chi connectivity index (χ0) is 21.8. The third kappa shape index (κ3) is 9.35. The van der Waals surface area contributed by atoms with Crippen LogP contribution in [0, 0.1) is 0 Å². The number of carbonyl (C=O) groups is 2. The van der Waals surface area contributed by atoms with Gasteiger partial charge in [0, 0.05) is 31.6 Å². The molecule has 1 saturated heterocycles. The molecular formula is C24H35NO4S. The van der Waals surface area contributed by atoms with Gasteiger partial charge >= 0.3 is 5.97 Å². The minimum absolute atomic E-state index is 0.0540. The molecule has 2 atom stereocenters. The Bertz CT molecular complexity index is 677. The van der Waals surface area contributed by atoms with Crippen LogP contribution in [0.5, 0.6) is 0 Å². The van der Waals surface area contributed by atoms with Gasteiger partial charge in [0.05, 0.1) is 18.2 Å². The highest BCUT2D eigenvalue weighted by Gasteiger charge is 2.25. The third-order valence-electron chi connectivity index (χ3n) is 4.97. The molecule has 1 heterocycles. The van der Waals surface area contributed by atoms with Crippen LogP contribution in [0.3, 0.4) is 0 Å². The van der Waals surface area contributed by atoms with Crippen LogP contribution in [0.1, 0.15) is 51.5 Å². The van der Waals surface area contributed by atoms with Gasteiger partial charge in [-0.15, -0.1) is 0 Å². The van der Waals surface area contributed by atoms with Gasteiger partial charge in [-0.1, -0.05) is 42.5 Å². The fourth-order valence-corrected chi connectivity index (χ4v) is 4.40. The van der Waals surface area contributed by atoms with Crippen molar-refractivity contribution in [1.82, 2.24) is 4.90 Å². The van der Waals surface area contributed by atoms with Gasteiger partial charge in [-0.3, -0.25) is 9.59 Å². The number of hydrogen-bond donors (Lipinski definition) is 1. The molecule has 166 valence electrons. The number of amides is 1. The van der Waals surface area contributed by atoms with E-state index in [1.807, 2.05) is 61.2 Å². The van der Waals surface area contributed by atoms with Gasteiger partial charge in [-0.25, -0.2) is 0 Å². The highest BCUT2D eigenvalue weighted by molar-refractivity contribution is 7.99. The molecule has 0 radical (unpaired) electrons. The predicted octanol–water partition coefficient (Wildman–Crippen LogP) is 3.99. The fourth-order valence-electron chi connectivity index (χ4n) is 3.52. The van der Waals surface area contributed by atoms with Crippen molar-refractivity contribution in [2.75, 3.05) is 18.1 Å². The maximum Gasteiger partial charge on any atom is 0.306 e. The number of carbonyl (C=O) groups excluding carboxylic acids is 2. The molecule has 1 aliphatic heterocycles. The van der Waals surface area contributed by atoms with Crippen LogP contribution in [0.15, 0.2) is 42.5 Å². The van der Waals surface area contributed by atoms with E-state index in [-0.39, 0.29) is 24.0 Å². The normalized spacial score (nSPS) is 18.2. The van der Waals surface area contributed by atoms with Crippen molar-refractivity contribution in [3.8, 4) is 0 Å². The maximum absolute atomic E-state index is 12.4. The van der Waals surface area contributed by atoms with Crippen molar-refractivity contribution < 1.29 is 19.4 Å². The molecule has 0 aliphatic carbocycles. The van der Waals surface area contributed by atoms with Crippen LogP contribution in [0.25, 0.3) is 0 Å². The van der Waals surface area contributed by atoms with Crippen LogP contribution >= 0.6 is 11.8 Å². The highest BCUT2D eigenvalue weighted by atomic mass is 32.2. The zero-order valence-electron chi connectivity index (χ0n) is 18.2. The van der Waals surface area contributed by atoms with Gasteiger partial charge in [0.2, 0.25) is 5.91 Å². The van der Waals surface area contributed by atoms with Crippen LogP contribution in [-0.4, -0.2) is 58.2 Å². The molecular weight excluding hydrogens is 398 g/mol. The number of aliphatic hydroxyl groups is 1. The average molecular weight is 434 g/mol. The lowest BCUT2D eigenvalue weighted by molar-refractivity contribution is -0.147. The van der Waals surface area contributed by atoms with Gasteiger partial charge in [-0.05, 0) is 44.4 Å². The minimum Gasteiger partial charge on any atom is -0.463 e. The summed E-state index contributed by atoms with van der Waals surface area (Å²) in [5.74, 6) is 1.78. The first-order chi connectivity index (χ1) is 14.5. The lowest BCUT2D eigenvalue weighted by atomic mass is 10.00. The van der Waals surface area contributed by atoms with Crippen molar-refractivity contribution in [2.24, 2.45) is 0 Å². The average Bonchev–Trinajstić information content (AvgIpc) is 2.70. The van der Waals surface area contributed by atoms with Crippen LogP contribution in [0.2, 0.25) is 0 Å². The number of ether oxygens (including phenoxy) is 1. The molecule has 1 aliphatic rings. The number of nitrogens with zero attached hydrogens (tertiary/aromatic N) is 1. The van der Waals surface area contributed by atoms with Crippen molar-refractivity contribution in [3.05, 3.63) is 48.0 Å². The second kappa shape index (κ2) is 13.5. The van der Waals surface area contributed by atoms with Gasteiger partial charge in [0.15, 0.2) is 0 Å². The van der Waals surface area contributed by atoms with E-state index in [0.717, 1.165) is 36.3 Å². The summed E-state index contributed by atoms with van der Waals surface area (Å²) in [6.07, 6.45) is 7.45. The van der Waals surface area contributed by atoms with E-state index in [1.165, 1.54) is 0 Å². The molecule has 30 heavy (non-hydrogen) atoms. The van der Waals surface area contributed by atoms with Gasteiger partial charge in [0.1, 0.15) is 0 Å². The Morgan fingerprint density at radius 2 is 2.07 bits per heavy atom. The lowest BCUT2D eigenvalue weighted by Gasteiger charge is -2.34. The third-order valence-corrected chi connectivity index (χ3v) is 6.02. The highest BCUT2D eigenvalue weighted by Crippen LogP contribution is 2.20. The van der Waals surface area contributed by atoms with Gasteiger partial charge < -0.3 is 14.7 Å². The number of likely N-dealkylation sites (tertiary alicyclic amines) is 1. The van der Waals surface area contributed by atoms with Crippen LogP contribution in [0.4, 0.5) is 0 Å². The van der Waals surface area contributed by atoms with Gasteiger partial charge in [0.25, 0.3) is 0 Å². The van der Waals surface area contributed by atoms with E-state index >= 15 is 0 Å². The molecule has 6 heteroatoms. The Morgan fingerprint density at radius 1 is 1.30 bits per heavy atom. The summed E-state index contributed by atoms with van der Waals surface area (Å²) in [6, 6.07) is 9.97. The van der Waals surface area contributed by atoms with Crippen molar-refractivity contribution in [2.45, 2.75) is 70.6 Å². The molecule has 1 aromatic carbocycles. The first kappa shape index (κ1) is 24.5. The second-order valence-electron chi connectivity index (χ2n) is 7.94. The van der Waals surface area contributed by atoms with Gasteiger partial charge in [-0.2, -0.15) is 11.8 Å². The molecule has 5 nitrogen and oxygen atoms in total. The molecule has 1 amide bonds. The molecule has 2 rings (SSSR count). The zero-order valence-corrected chi connectivity index (χ0v) is 19.0. The second-order valence-corrected chi connectivity index (χ2v) is 9.17. The molecule has 0 saturated carbocycles. The van der Waals surface area contributed by atoms with E-state index in [0.29, 0.717) is 25.8 Å². The number of piperidine rings is 1. The Kier molecular flexibility index (Phi) is 11.0. The quantitative estimate of drug-likeness (QED) is 0.307. The summed E-state index contributed by atoms with van der Waals surface area (Å²) in [7, 11) is 0. The number of aliphatic hydroxyl groups excluding tert-OH is 1. The molecule has 0 bridgehead atoms. The van der Waals surface area contributed by atoms with Crippen LogP contribution in [-0.2, 0) is 20.7 Å². The predicted molar refractivity (Wildman–Crippen MR) is 122 cm³/mol. The molecule has 0 spiro atoms. The standard InChI is InChI=1S/C24H35NO4S/c1-19(2)29-24(28)12-7-16-30-17-15-25-21(10-6-11-23(25)27)13-14-22(26)18-20-8-4-3-5-9-20/h3-5,8-9,13-14,19,21-22,26H,6-7,10-12,15-18H2,1-2H3/b14-13+/t21-,22?/m1/s1. The summed E-state index contributed by atoms with van der Waals surface area (Å²) in [5, 5.41) is 10.3. The summed E-state index contributed by atoms with van der Waals surface area (Å²) in [6.45, 7) is 4.41. The number of esters is 1. The smallest absolute Gasteiger partial charge is 0.306 e. The van der Waals surface area contributed by atoms with Crippen molar-refractivity contribution in [1.29, 1.82) is 0 Å². The fraction of sp³-hybridized carbons (Fsp3) is 0.583. The minimum atomic E-state index is -0.550. The van der Waals surface area contributed by atoms with Crippen molar-refractivity contribution in [3.63, 3.8) is 0 Å². The first-order valence-corrected chi connectivity index (χ1v) is 12.1. The largest absolute Gasteiger partial charge is 0.463 e. The number of rotatable bonds is 12. The Balaban J connectivity index is 1.73. The monoisotopic (exact) mass is 433 g/mol. The van der Waals surface area contributed by atoms with Crippen LogP contribution < -0.4 is 0 Å². The SMILES string of the molecule is CC(C)OC(=O)CCCSCCN1C(=O)CCC[C@@H]1/C=C/C(O)Cc1ccccc1. The summed E-state index contributed by atoms with van der Waals surface area (Å²) < 4.78 is 5.13. The first-order valence-electron chi connectivity index (χ1n) is 10.9. The lowest BCUT2D eigenvalue weighted by Crippen LogP contribution is -2.43. The van der Waals surface area contributed by atoms with E-state index in [1.54, 1.807) is 11.8 Å². The van der Waals surface area contributed by atoms with Crippen molar-refractivity contribution >= 4 is 23.6 Å². The topological polar surface area (TPSA) is 66.8 Å². The Morgan fingerprint density at radius 3 is 2.80 bits per heavy atom. The summed E-state index contributed by atoms with van der Waals surface area (Å²) >= 11 is 1.76. The summed E-state index contributed by atoms with van der Waals surface area (Å²) in [4.78, 5) is 25.9. The van der Waals surface area contributed by atoms with E-state index in [9.17, 15) is 14.7 Å². The Labute approximate surface area is 184 Å². The number of hydrogen-bond acceptors (Lipinski definition) is 5. The Hall–Kier alpha value is -1.79. The molecule has 0 aromatic heterocycles. The molecule has 1 unspecified atom stereocenters. The molecule has 1 N–H and O–H groups in total. The summed E-state index contributed by atoms with van der Waals surface area (Å²) in [5.41, 5.74) is 1.10. The maximum atomic E-state index is 12.4. The van der Waals surface area contributed by atoms with E-state index in [4.69, 9.17) is 4.74 Å². The van der Waals surface area contributed by atoms with E-state index < -0.39 is 6.10 Å². The number of thioether (sulfide) groups is 1.